The minimum atomic E-state index is -0.318. The predicted molar refractivity (Wildman–Crippen MR) is 82.5 cm³/mol. The van der Waals surface area contributed by atoms with Crippen LogP contribution in [0.25, 0.3) is 0 Å². The number of rotatable bonds is 3. The molecule has 0 saturated heterocycles. The smallest absolute Gasteiger partial charge is 0.257 e. The summed E-state index contributed by atoms with van der Waals surface area (Å²) in [6, 6.07) is 3.58. The molecule has 0 heterocycles. The fourth-order valence-electron chi connectivity index (χ4n) is 3.16. The summed E-state index contributed by atoms with van der Waals surface area (Å²) < 4.78 is 0. The Hall–Kier alpha value is -1.55. The zero-order valence-corrected chi connectivity index (χ0v) is 13.1. The molecule has 1 fully saturated rings. The molecule has 2 rings (SSSR count). The molecule has 4 nitrogen and oxygen atoms in total. The molecule has 1 aliphatic rings. The fourth-order valence-corrected chi connectivity index (χ4v) is 3.16. The van der Waals surface area contributed by atoms with Gasteiger partial charge in [0.15, 0.2) is 0 Å². The molecule has 4 heteroatoms. The first-order chi connectivity index (χ1) is 9.90. The average molecular weight is 291 g/mol. The van der Waals surface area contributed by atoms with Crippen LogP contribution >= 0.6 is 0 Å². The summed E-state index contributed by atoms with van der Waals surface area (Å²) in [6.45, 7) is 4.24. The summed E-state index contributed by atoms with van der Waals surface area (Å²) in [7, 11) is 1.74. The SMILES string of the molecule is Cc1cc(C)c(O)c(C(=O)N(C)CC2CCCCC2O)c1. The number of aliphatic hydroxyl groups excluding tert-OH is 1. The lowest BCUT2D eigenvalue weighted by atomic mass is 9.86. The van der Waals surface area contributed by atoms with Gasteiger partial charge in [-0.25, -0.2) is 0 Å². The molecule has 2 N–H and O–H groups in total. The number of phenols is 1. The van der Waals surface area contributed by atoms with Crippen molar-refractivity contribution < 1.29 is 15.0 Å². The van der Waals surface area contributed by atoms with Crippen molar-refractivity contribution >= 4 is 5.91 Å². The van der Waals surface area contributed by atoms with Crippen molar-refractivity contribution in [3.8, 4) is 5.75 Å². The van der Waals surface area contributed by atoms with Crippen molar-refractivity contribution in [3.05, 3.63) is 28.8 Å². The number of aromatic hydroxyl groups is 1. The normalized spacial score (nSPS) is 22.1. The van der Waals surface area contributed by atoms with Crippen LogP contribution in [0.15, 0.2) is 12.1 Å². The number of carbonyl (C=O) groups is 1. The number of benzene rings is 1. The summed E-state index contributed by atoms with van der Waals surface area (Å²) in [6.07, 6.45) is 3.63. The van der Waals surface area contributed by atoms with Crippen LogP contribution in [0.3, 0.4) is 0 Å². The van der Waals surface area contributed by atoms with E-state index >= 15 is 0 Å². The summed E-state index contributed by atoms with van der Waals surface area (Å²) in [5.74, 6) is 0.0134. The Labute approximate surface area is 126 Å². The number of hydrogen-bond acceptors (Lipinski definition) is 3. The van der Waals surface area contributed by atoms with E-state index in [1.54, 1.807) is 24.9 Å². The molecule has 1 aromatic carbocycles. The minimum absolute atomic E-state index is 0.0571. The largest absolute Gasteiger partial charge is 0.507 e. The van der Waals surface area contributed by atoms with E-state index in [9.17, 15) is 15.0 Å². The highest BCUT2D eigenvalue weighted by molar-refractivity contribution is 5.97. The van der Waals surface area contributed by atoms with Gasteiger partial charge in [0.1, 0.15) is 5.75 Å². The van der Waals surface area contributed by atoms with Gasteiger partial charge in [-0.15, -0.1) is 0 Å². The molecule has 21 heavy (non-hydrogen) atoms. The van der Waals surface area contributed by atoms with Crippen LogP contribution in [0.1, 0.15) is 47.2 Å². The highest BCUT2D eigenvalue weighted by atomic mass is 16.3. The maximum atomic E-state index is 12.5. The van der Waals surface area contributed by atoms with Gasteiger partial charge in [0.2, 0.25) is 0 Å². The maximum absolute atomic E-state index is 12.5. The van der Waals surface area contributed by atoms with Gasteiger partial charge in [-0.1, -0.05) is 18.9 Å². The van der Waals surface area contributed by atoms with E-state index in [-0.39, 0.29) is 23.7 Å². The van der Waals surface area contributed by atoms with Crippen LogP contribution in [-0.4, -0.2) is 40.7 Å². The van der Waals surface area contributed by atoms with Crippen molar-refractivity contribution in [2.24, 2.45) is 5.92 Å². The van der Waals surface area contributed by atoms with Gasteiger partial charge in [0, 0.05) is 19.5 Å². The van der Waals surface area contributed by atoms with Crippen molar-refractivity contribution in [3.63, 3.8) is 0 Å². The van der Waals surface area contributed by atoms with E-state index in [1.165, 1.54) is 0 Å². The molecule has 2 atom stereocenters. The van der Waals surface area contributed by atoms with Crippen molar-refractivity contribution in [2.75, 3.05) is 13.6 Å². The highest BCUT2D eigenvalue weighted by Crippen LogP contribution is 2.28. The summed E-state index contributed by atoms with van der Waals surface area (Å²) in [4.78, 5) is 14.2. The van der Waals surface area contributed by atoms with E-state index in [4.69, 9.17) is 0 Å². The minimum Gasteiger partial charge on any atom is -0.507 e. The van der Waals surface area contributed by atoms with Gasteiger partial charge in [0.25, 0.3) is 5.91 Å². The van der Waals surface area contributed by atoms with E-state index in [0.29, 0.717) is 17.7 Å². The van der Waals surface area contributed by atoms with Gasteiger partial charge < -0.3 is 15.1 Å². The van der Waals surface area contributed by atoms with E-state index < -0.39 is 0 Å². The Bertz CT molecular complexity index is 527. The van der Waals surface area contributed by atoms with Gasteiger partial charge in [-0.3, -0.25) is 4.79 Å². The molecule has 0 aliphatic heterocycles. The van der Waals surface area contributed by atoms with Gasteiger partial charge in [-0.2, -0.15) is 0 Å². The number of aliphatic hydroxyl groups is 1. The van der Waals surface area contributed by atoms with Crippen molar-refractivity contribution in [1.82, 2.24) is 4.90 Å². The quantitative estimate of drug-likeness (QED) is 0.900. The van der Waals surface area contributed by atoms with Crippen molar-refractivity contribution in [2.45, 2.75) is 45.6 Å². The molecule has 1 saturated carbocycles. The summed E-state index contributed by atoms with van der Waals surface area (Å²) in [5.41, 5.74) is 2.02. The molecular formula is C17H25NO3. The van der Waals surface area contributed by atoms with Crippen molar-refractivity contribution in [1.29, 1.82) is 0 Å². The first-order valence-corrected chi connectivity index (χ1v) is 7.64. The van der Waals surface area contributed by atoms with Crippen LogP contribution in [0, 0.1) is 19.8 Å². The summed E-state index contributed by atoms with van der Waals surface area (Å²) in [5, 5.41) is 20.1. The molecule has 0 spiro atoms. The molecule has 0 bridgehead atoms. The van der Waals surface area contributed by atoms with E-state index in [2.05, 4.69) is 0 Å². The maximum Gasteiger partial charge on any atom is 0.257 e. The number of carbonyl (C=O) groups excluding carboxylic acids is 1. The Morgan fingerprint density at radius 2 is 1.95 bits per heavy atom. The third kappa shape index (κ3) is 3.56. The molecular weight excluding hydrogens is 266 g/mol. The Morgan fingerprint density at radius 3 is 2.62 bits per heavy atom. The first-order valence-electron chi connectivity index (χ1n) is 7.64. The van der Waals surface area contributed by atoms with Gasteiger partial charge in [-0.05, 0) is 43.9 Å². The second-order valence-electron chi connectivity index (χ2n) is 6.28. The van der Waals surface area contributed by atoms with Crippen LogP contribution in [0.5, 0.6) is 5.75 Å². The third-order valence-corrected chi connectivity index (χ3v) is 4.40. The zero-order chi connectivity index (χ0) is 15.6. The lowest BCUT2D eigenvalue weighted by Gasteiger charge is -2.31. The monoisotopic (exact) mass is 291 g/mol. The Morgan fingerprint density at radius 1 is 1.29 bits per heavy atom. The molecule has 0 radical (unpaired) electrons. The van der Waals surface area contributed by atoms with Crippen LogP contribution in [-0.2, 0) is 0 Å². The molecule has 0 aromatic heterocycles. The number of nitrogens with zero attached hydrogens (tertiary/aromatic N) is 1. The van der Waals surface area contributed by atoms with E-state index in [1.807, 2.05) is 13.0 Å². The third-order valence-electron chi connectivity index (χ3n) is 4.40. The lowest BCUT2D eigenvalue weighted by molar-refractivity contribution is 0.0450. The molecule has 2 unspecified atom stereocenters. The second-order valence-corrected chi connectivity index (χ2v) is 6.28. The standard InChI is InChI=1S/C17H25NO3/c1-11-8-12(2)16(20)14(9-11)17(21)18(3)10-13-6-4-5-7-15(13)19/h8-9,13,15,19-20H,4-7,10H2,1-3H3. The lowest BCUT2D eigenvalue weighted by Crippen LogP contribution is -2.38. The van der Waals surface area contributed by atoms with Gasteiger partial charge in [0.05, 0.1) is 11.7 Å². The number of aryl methyl sites for hydroxylation is 2. The van der Waals surface area contributed by atoms with Crippen LogP contribution in [0.4, 0.5) is 0 Å². The highest BCUT2D eigenvalue weighted by Gasteiger charge is 2.27. The number of amides is 1. The molecule has 1 aliphatic carbocycles. The molecule has 1 aromatic rings. The topological polar surface area (TPSA) is 60.8 Å². The first kappa shape index (κ1) is 15.8. The van der Waals surface area contributed by atoms with Gasteiger partial charge >= 0.3 is 0 Å². The summed E-state index contributed by atoms with van der Waals surface area (Å²) >= 11 is 0. The Balaban J connectivity index is 2.12. The molecule has 116 valence electrons. The Kier molecular flexibility index (Phi) is 4.88. The predicted octanol–water partition coefficient (Wildman–Crippen LogP) is 2.63. The van der Waals surface area contributed by atoms with E-state index in [0.717, 1.165) is 31.2 Å². The second kappa shape index (κ2) is 6.48. The fraction of sp³-hybridized carbons (Fsp3) is 0.588. The zero-order valence-electron chi connectivity index (χ0n) is 13.1. The average Bonchev–Trinajstić information content (AvgIpc) is 2.44. The number of phenolic OH excluding ortho intramolecular Hbond substituents is 1. The van der Waals surface area contributed by atoms with Crippen LogP contribution < -0.4 is 0 Å². The molecule has 1 amide bonds. The number of hydrogen-bond donors (Lipinski definition) is 2. The van der Waals surface area contributed by atoms with Crippen LogP contribution in [0.2, 0.25) is 0 Å².